The van der Waals surface area contributed by atoms with Gasteiger partial charge < -0.3 is 18.9 Å². The number of rotatable bonds is 11. The van der Waals surface area contributed by atoms with Crippen LogP contribution in [-0.2, 0) is 9.47 Å². The van der Waals surface area contributed by atoms with E-state index in [0.29, 0.717) is 30.3 Å². The van der Waals surface area contributed by atoms with Crippen molar-refractivity contribution in [3.63, 3.8) is 0 Å². The number of carbonyl (C=O) groups is 1. The first-order chi connectivity index (χ1) is 10.7. The third kappa shape index (κ3) is 6.08. The van der Waals surface area contributed by atoms with Crippen LogP contribution in [0.1, 0.15) is 36.0 Å². The van der Waals surface area contributed by atoms with Gasteiger partial charge in [0.05, 0.1) is 39.3 Å². The number of unbranched alkanes of at least 4 members (excludes halogenated alkanes) is 3. The number of hydrogen-bond donors (Lipinski definition) is 0. The van der Waals surface area contributed by atoms with E-state index in [0.717, 1.165) is 25.7 Å². The summed E-state index contributed by atoms with van der Waals surface area (Å²) in [5.74, 6) is 0.763. The molecule has 0 radical (unpaired) electrons. The average Bonchev–Trinajstić information content (AvgIpc) is 2.56. The van der Waals surface area contributed by atoms with Crippen molar-refractivity contribution >= 4 is 5.97 Å². The number of methoxy groups -OCH3 is 2. The minimum absolute atomic E-state index is 0.397. The highest BCUT2D eigenvalue weighted by Gasteiger charge is 2.11. The Bertz CT molecular complexity index is 470. The van der Waals surface area contributed by atoms with Crippen molar-refractivity contribution in [2.45, 2.75) is 25.7 Å². The lowest BCUT2D eigenvalue weighted by Gasteiger charge is -2.11. The number of benzene rings is 1. The standard InChI is InChI=1S/C17H24O5/c1-4-21-11-7-5-6-8-12-22-15-10-9-14(17(18)20-3)13-16(15)19-2/h4,9-10,13H,1,5-8,11-12H2,2-3H3. The van der Waals surface area contributed by atoms with Crippen LogP contribution in [0.3, 0.4) is 0 Å². The Morgan fingerprint density at radius 3 is 2.45 bits per heavy atom. The first-order valence-corrected chi connectivity index (χ1v) is 7.34. The smallest absolute Gasteiger partial charge is 0.337 e. The fourth-order valence-corrected chi connectivity index (χ4v) is 1.94. The van der Waals surface area contributed by atoms with Crippen molar-refractivity contribution in [3.8, 4) is 11.5 Å². The van der Waals surface area contributed by atoms with Gasteiger partial charge in [0.25, 0.3) is 0 Å². The molecule has 0 aromatic heterocycles. The fourth-order valence-electron chi connectivity index (χ4n) is 1.94. The molecule has 1 rings (SSSR count). The SMILES string of the molecule is C=COCCCCCCOc1ccc(C(=O)OC)cc1OC. The summed E-state index contributed by atoms with van der Waals surface area (Å²) in [5.41, 5.74) is 0.439. The highest BCUT2D eigenvalue weighted by Crippen LogP contribution is 2.28. The molecule has 1 aromatic carbocycles. The fraction of sp³-hybridized carbons (Fsp3) is 0.471. The summed E-state index contributed by atoms with van der Waals surface area (Å²) in [6, 6.07) is 5.01. The summed E-state index contributed by atoms with van der Waals surface area (Å²) in [6.45, 7) is 4.82. The summed E-state index contributed by atoms with van der Waals surface area (Å²) < 4.78 is 20.7. The quantitative estimate of drug-likeness (QED) is 0.355. The largest absolute Gasteiger partial charge is 0.502 e. The molecule has 0 saturated heterocycles. The van der Waals surface area contributed by atoms with Crippen molar-refractivity contribution in [2.24, 2.45) is 0 Å². The average molecular weight is 308 g/mol. The molecule has 0 atom stereocenters. The molecule has 0 aliphatic rings. The summed E-state index contributed by atoms with van der Waals surface area (Å²) in [4.78, 5) is 11.5. The van der Waals surface area contributed by atoms with Gasteiger partial charge in [-0.2, -0.15) is 0 Å². The van der Waals surface area contributed by atoms with Gasteiger partial charge in [-0.05, 0) is 43.9 Å². The van der Waals surface area contributed by atoms with Crippen LogP contribution in [0.4, 0.5) is 0 Å². The lowest BCUT2D eigenvalue weighted by molar-refractivity contribution is 0.0600. The van der Waals surface area contributed by atoms with Crippen LogP contribution in [0.5, 0.6) is 11.5 Å². The van der Waals surface area contributed by atoms with Crippen molar-refractivity contribution in [2.75, 3.05) is 27.4 Å². The monoisotopic (exact) mass is 308 g/mol. The van der Waals surface area contributed by atoms with E-state index in [-0.39, 0.29) is 0 Å². The molecular formula is C17H24O5. The summed E-state index contributed by atoms with van der Waals surface area (Å²) in [7, 11) is 2.89. The molecule has 0 amide bonds. The van der Waals surface area contributed by atoms with Gasteiger partial charge in [-0.1, -0.05) is 6.58 Å². The molecule has 0 bridgehead atoms. The maximum absolute atomic E-state index is 11.5. The highest BCUT2D eigenvalue weighted by molar-refractivity contribution is 5.90. The van der Waals surface area contributed by atoms with Crippen LogP contribution in [-0.4, -0.2) is 33.4 Å². The molecule has 0 heterocycles. The van der Waals surface area contributed by atoms with Gasteiger partial charge in [0.15, 0.2) is 11.5 Å². The van der Waals surface area contributed by atoms with E-state index in [1.54, 1.807) is 25.3 Å². The maximum Gasteiger partial charge on any atom is 0.337 e. The first kappa shape index (κ1) is 17.9. The van der Waals surface area contributed by atoms with Gasteiger partial charge in [-0.25, -0.2) is 4.79 Å². The molecule has 5 nitrogen and oxygen atoms in total. The van der Waals surface area contributed by atoms with Crippen LogP contribution in [0.2, 0.25) is 0 Å². The second kappa shape index (κ2) is 10.5. The molecule has 5 heteroatoms. The second-order valence-electron chi connectivity index (χ2n) is 4.66. The number of esters is 1. The Kier molecular flexibility index (Phi) is 8.57. The number of carbonyl (C=O) groups excluding carboxylic acids is 1. The van der Waals surface area contributed by atoms with Gasteiger partial charge >= 0.3 is 5.97 Å². The minimum Gasteiger partial charge on any atom is -0.502 e. The van der Waals surface area contributed by atoms with Gasteiger partial charge in [-0.15, -0.1) is 0 Å². The molecule has 122 valence electrons. The van der Waals surface area contributed by atoms with E-state index >= 15 is 0 Å². The highest BCUT2D eigenvalue weighted by atomic mass is 16.5. The molecule has 22 heavy (non-hydrogen) atoms. The topological polar surface area (TPSA) is 54.0 Å². The number of ether oxygens (including phenoxy) is 4. The third-order valence-electron chi connectivity index (χ3n) is 3.12. The predicted octanol–water partition coefficient (Wildman–Crippen LogP) is 3.58. The van der Waals surface area contributed by atoms with E-state index in [1.165, 1.54) is 13.4 Å². The van der Waals surface area contributed by atoms with Crippen LogP contribution in [0, 0.1) is 0 Å². The normalized spacial score (nSPS) is 9.91. The Balaban J connectivity index is 2.36. The van der Waals surface area contributed by atoms with Crippen molar-refractivity contribution in [1.82, 2.24) is 0 Å². The first-order valence-electron chi connectivity index (χ1n) is 7.34. The van der Waals surface area contributed by atoms with E-state index in [9.17, 15) is 4.79 Å². The van der Waals surface area contributed by atoms with E-state index in [1.807, 2.05) is 0 Å². The molecule has 1 aromatic rings. The predicted molar refractivity (Wildman–Crippen MR) is 84.4 cm³/mol. The Labute approximate surface area is 131 Å². The van der Waals surface area contributed by atoms with Crippen LogP contribution in [0.15, 0.2) is 31.0 Å². The molecule has 0 spiro atoms. The zero-order valence-corrected chi connectivity index (χ0v) is 13.3. The molecule has 0 saturated carbocycles. The molecule has 0 fully saturated rings. The Morgan fingerprint density at radius 2 is 1.82 bits per heavy atom. The molecule has 0 unspecified atom stereocenters. The van der Waals surface area contributed by atoms with Gasteiger partial charge in [0, 0.05) is 0 Å². The zero-order chi connectivity index (χ0) is 16.2. The lowest BCUT2D eigenvalue weighted by atomic mass is 10.2. The van der Waals surface area contributed by atoms with Crippen LogP contribution in [0.25, 0.3) is 0 Å². The van der Waals surface area contributed by atoms with Gasteiger partial charge in [0.2, 0.25) is 0 Å². The molecule has 0 aliphatic carbocycles. The molecule has 0 aliphatic heterocycles. The summed E-state index contributed by atoms with van der Waals surface area (Å²) >= 11 is 0. The lowest BCUT2D eigenvalue weighted by Crippen LogP contribution is -2.04. The van der Waals surface area contributed by atoms with Crippen molar-refractivity contribution in [1.29, 1.82) is 0 Å². The van der Waals surface area contributed by atoms with E-state index < -0.39 is 5.97 Å². The van der Waals surface area contributed by atoms with E-state index in [4.69, 9.17) is 14.2 Å². The van der Waals surface area contributed by atoms with Crippen LogP contribution < -0.4 is 9.47 Å². The third-order valence-corrected chi connectivity index (χ3v) is 3.12. The minimum atomic E-state index is -0.397. The van der Waals surface area contributed by atoms with Crippen LogP contribution >= 0.6 is 0 Å². The maximum atomic E-state index is 11.5. The number of hydrogen-bond acceptors (Lipinski definition) is 5. The van der Waals surface area contributed by atoms with E-state index in [2.05, 4.69) is 11.3 Å². The van der Waals surface area contributed by atoms with Crippen molar-refractivity contribution < 1.29 is 23.7 Å². The second-order valence-corrected chi connectivity index (χ2v) is 4.66. The zero-order valence-electron chi connectivity index (χ0n) is 13.3. The summed E-state index contributed by atoms with van der Waals surface area (Å²) in [6.07, 6.45) is 5.60. The Hall–Kier alpha value is -2.17. The molecular weight excluding hydrogens is 284 g/mol. The van der Waals surface area contributed by atoms with Gasteiger partial charge in [-0.3, -0.25) is 0 Å². The Morgan fingerprint density at radius 1 is 1.09 bits per heavy atom. The molecule has 0 N–H and O–H groups in total. The summed E-state index contributed by atoms with van der Waals surface area (Å²) in [5, 5.41) is 0. The van der Waals surface area contributed by atoms with Gasteiger partial charge in [0.1, 0.15) is 0 Å². The van der Waals surface area contributed by atoms with Crippen molar-refractivity contribution in [3.05, 3.63) is 36.6 Å².